The molecule has 0 spiro atoms. The van der Waals surface area contributed by atoms with E-state index in [4.69, 9.17) is 28.3 Å². The molecule has 1 rings (SSSR count). The Kier molecular flexibility index (Phi) is 2.46. The van der Waals surface area contributed by atoms with Gasteiger partial charge in [-0.15, -0.1) is 0 Å². The van der Waals surface area contributed by atoms with Gasteiger partial charge in [-0.05, 0) is 18.2 Å². The highest BCUT2D eigenvalue weighted by molar-refractivity contribution is 6.39. The average molecular weight is 208 g/mol. The van der Waals surface area contributed by atoms with Gasteiger partial charge < -0.3 is 5.11 Å². The van der Waals surface area contributed by atoms with Crippen molar-refractivity contribution >= 4 is 29.2 Å². The van der Waals surface area contributed by atoms with Gasteiger partial charge in [-0.25, -0.2) is 9.90 Å². The van der Waals surface area contributed by atoms with Crippen LogP contribution in [0.2, 0.25) is 0 Å². The lowest BCUT2D eigenvalue weighted by Gasteiger charge is -2.19. The number of carboxylic acid groups (broad SMARTS) is 1. The molecule has 0 fully saturated rings. The summed E-state index contributed by atoms with van der Waals surface area (Å²) in [6.07, 6.45) is 2.10. The van der Waals surface area contributed by atoms with E-state index in [1.54, 1.807) is 0 Å². The molecule has 1 aliphatic rings. The van der Waals surface area contributed by atoms with Crippen molar-refractivity contribution in [2.24, 2.45) is 0 Å². The van der Waals surface area contributed by atoms with Crippen LogP contribution in [0.3, 0.4) is 0 Å². The highest BCUT2D eigenvalue weighted by Crippen LogP contribution is 2.29. The summed E-state index contributed by atoms with van der Waals surface area (Å²) in [5, 5.41) is 19.4. The van der Waals surface area contributed by atoms with Crippen LogP contribution >= 0.6 is 23.2 Å². The molecule has 0 amide bonds. The summed E-state index contributed by atoms with van der Waals surface area (Å²) in [5.74, 6) is -1.24. The smallest absolute Gasteiger partial charge is 0.332 e. The van der Waals surface area contributed by atoms with Gasteiger partial charge in [0.1, 0.15) is 6.10 Å². The van der Waals surface area contributed by atoms with E-state index in [1.807, 2.05) is 0 Å². The molecule has 65 valence electrons. The van der Waals surface area contributed by atoms with E-state index in [1.165, 1.54) is 0 Å². The number of alkyl halides is 1. The molecule has 0 aromatic rings. The van der Waals surface area contributed by atoms with Crippen LogP contribution in [0.5, 0.6) is 0 Å². The Hall–Kier alpha value is -0.510. The minimum Gasteiger partial charge on any atom is -0.479 e. The van der Waals surface area contributed by atoms with E-state index in [9.17, 15) is 9.90 Å². The SMILES string of the molecule is [O]C1C=CC(Cl)(C(=O)O)C=C1Cl. The van der Waals surface area contributed by atoms with Gasteiger partial charge in [-0.1, -0.05) is 23.2 Å². The Morgan fingerprint density at radius 2 is 2.25 bits per heavy atom. The maximum atomic E-state index is 10.8. The normalized spacial score (nSPS) is 34.6. The third-order valence-corrected chi connectivity index (χ3v) is 2.18. The largest absolute Gasteiger partial charge is 0.479 e. The third kappa shape index (κ3) is 1.63. The second-order valence-corrected chi connectivity index (χ2v) is 3.44. The van der Waals surface area contributed by atoms with Crippen molar-refractivity contribution in [1.82, 2.24) is 0 Å². The molecule has 12 heavy (non-hydrogen) atoms. The first-order chi connectivity index (χ1) is 5.46. The van der Waals surface area contributed by atoms with Crippen LogP contribution in [0.25, 0.3) is 0 Å². The first kappa shape index (κ1) is 9.58. The number of carboxylic acids is 1. The Bertz CT molecular complexity index is 272. The zero-order chi connectivity index (χ0) is 9.35. The topological polar surface area (TPSA) is 57.2 Å². The highest BCUT2D eigenvalue weighted by Gasteiger charge is 2.35. The number of hydrogen-bond acceptors (Lipinski definition) is 1. The van der Waals surface area contributed by atoms with Gasteiger partial charge in [-0.2, -0.15) is 0 Å². The Morgan fingerprint density at radius 3 is 2.67 bits per heavy atom. The fourth-order valence-electron chi connectivity index (χ4n) is 0.783. The number of carbonyl (C=O) groups is 1. The van der Waals surface area contributed by atoms with Gasteiger partial charge in [0.25, 0.3) is 0 Å². The van der Waals surface area contributed by atoms with E-state index < -0.39 is 16.9 Å². The van der Waals surface area contributed by atoms with Gasteiger partial charge >= 0.3 is 5.97 Å². The number of halogens is 2. The zero-order valence-corrected chi connectivity index (χ0v) is 7.34. The summed E-state index contributed by atoms with van der Waals surface area (Å²) in [7, 11) is 0. The molecule has 0 saturated carbocycles. The Labute approximate surface area is 78.9 Å². The van der Waals surface area contributed by atoms with Gasteiger partial charge in [0.05, 0.1) is 5.03 Å². The fourth-order valence-corrected chi connectivity index (χ4v) is 1.27. The second-order valence-electron chi connectivity index (χ2n) is 2.38. The van der Waals surface area contributed by atoms with E-state index >= 15 is 0 Å². The molecule has 0 aliphatic heterocycles. The van der Waals surface area contributed by atoms with E-state index in [2.05, 4.69) is 0 Å². The Morgan fingerprint density at radius 1 is 1.67 bits per heavy atom. The minimum atomic E-state index is -1.65. The van der Waals surface area contributed by atoms with Crippen molar-refractivity contribution in [1.29, 1.82) is 0 Å². The van der Waals surface area contributed by atoms with Gasteiger partial charge in [0, 0.05) is 0 Å². The fraction of sp³-hybridized carbons (Fsp3) is 0.286. The Balaban J connectivity index is 2.99. The molecule has 5 heteroatoms. The predicted octanol–water partition coefficient (Wildman–Crippen LogP) is 1.54. The lowest BCUT2D eigenvalue weighted by Crippen LogP contribution is -2.31. The predicted molar refractivity (Wildman–Crippen MR) is 43.8 cm³/mol. The van der Waals surface area contributed by atoms with E-state index in [0.717, 1.165) is 18.2 Å². The van der Waals surface area contributed by atoms with Crippen molar-refractivity contribution in [2.45, 2.75) is 11.0 Å². The summed E-state index contributed by atoms with van der Waals surface area (Å²) in [5.41, 5.74) is 0. The van der Waals surface area contributed by atoms with Crippen molar-refractivity contribution in [3.63, 3.8) is 0 Å². The molecule has 2 unspecified atom stereocenters. The van der Waals surface area contributed by atoms with Gasteiger partial charge in [0.2, 0.25) is 0 Å². The maximum Gasteiger partial charge on any atom is 0.332 e. The van der Waals surface area contributed by atoms with Crippen molar-refractivity contribution < 1.29 is 15.0 Å². The lowest BCUT2D eigenvalue weighted by molar-refractivity contribution is -0.137. The monoisotopic (exact) mass is 207 g/mol. The molecule has 0 aromatic carbocycles. The van der Waals surface area contributed by atoms with Crippen LogP contribution in [-0.4, -0.2) is 22.1 Å². The lowest BCUT2D eigenvalue weighted by atomic mass is 10.0. The summed E-state index contributed by atoms with van der Waals surface area (Å²) in [6.45, 7) is 0. The molecule has 2 atom stereocenters. The van der Waals surface area contributed by atoms with Crippen LogP contribution < -0.4 is 0 Å². The molecule has 1 N–H and O–H groups in total. The van der Waals surface area contributed by atoms with Crippen LogP contribution in [-0.2, 0) is 9.90 Å². The minimum absolute atomic E-state index is 0.0881. The van der Waals surface area contributed by atoms with Crippen LogP contribution in [0, 0.1) is 0 Å². The van der Waals surface area contributed by atoms with Crippen LogP contribution in [0.1, 0.15) is 0 Å². The summed E-state index contributed by atoms with van der Waals surface area (Å²) in [4.78, 5) is 8.89. The molecular formula is C7H5Cl2O3. The number of aliphatic carboxylic acids is 1. The standard InChI is InChI=1S/C7H5Cl2O3/c8-4-3-7(9,6(11)12)2-1-5(4)10/h1-3,5H,(H,11,12). The zero-order valence-electron chi connectivity index (χ0n) is 5.83. The second kappa shape index (κ2) is 3.09. The number of rotatable bonds is 1. The van der Waals surface area contributed by atoms with Gasteiger partial charge in [0.15, 0.2) is 4.87 Å². The molecule has 3 nitrogen and oxygen atoms in total. The molecule has 0 aromatic heterocycles. The molecule has 1 radical (unpaired) electrons. The average Bonchev–Trinajstić information content (AvgIpc) is 1.97. The summed E-state index contributed by atoms with van der Waals surface area (Å²) < 4.78 is 0. The molecule has 0 heterocycles. The molecule has 0 bridgehead atoms. The molecule has 0 saturated heterocycles. The summed E-state index contributed by atoms with van der Waals surface area (Å²) in [6, 6.07) is 0. The van der Waals surface area contributed by atoms with Crippen molar-refractivity contribution in [3.05, 3.63) is 23.3 Å². The van der Waals surface area contributed by atoms with E-state index in [-0.39, 0.29) is 5.03 Å². The maximum absolute atomic E-state index is 10.8. The quantitative estimate of drug-likeness (QED) is 0.524. The molecular weight excluding hydrogens is 203 g/mol. The van der Waals surface area contributed by atoms with Crippen molar-refractivity contribution in [3.8, 4) is 0 Å². The summed E-state index contributed by atoms with van der Waals surface area (Å²) >= 11 is 11.0. The number of hydrogen-bond donors (Lipinski definition) is 1. The first-order valence-corrected chi connectivity index (χ1v) is 3.87. The molecule has 1 aliphatic carbocycles. The van der Waals surface area contributed by atoms with Gasteiger partial charge in [-0.3, -0.25) is 0 Å². The van der Waals surface area contributed by atoms with Crippen LogP contribution in [0.15, 0.2) is 23.3 Å². The van der Waals surface area contributed by atoms with E-state index in [0.29, 0.717) is 0 Å². The third-order valence-electron chi connectivity index (χ3n) is 1.46. The first-order valence-electron chi connectivity index (χ1n) is 3.11. The van der Waals surface area contributed by atoms with Crippen molar-refractivity contribution in [2.75, 3.05) is 0 Å². The van der Waals surface area contributed by atoms with Crippen LogP contribution in [0.4, 0.5) is 0 Å². The highest BCUT2D eigenvalue weighted by atomic mass is 35.5.